The second-order valence-corrected chi connectivity index (χ2v) is 21.9. The number of sulfone groups is 2. The van der Waals surface area contributed by atoms with Crippen molar-refractivity contribution in [2.24, 2.45) is 22.7 Å². The Morgan fingerprint density at radius 3 is 1.28 bits per heavy atom. The minimum atomic E-state index is -3.75. The third kappa shape index (κ3) is 12.7. The van der Waals surface area contributed by atoms with Crippen LogP contribution in [0.5, 0.6) is 0 Å². The van der Waals surface area contributed by atoms with E-state index in [2.05, 4.69) is 78.0 Å². The summed E-state index contributed by atoms with van der Waals surface area (Å²) in [6, 6.07) is 17.3. The molecule has 2 unspecified atom stereocenters. The summed E-state index contributed by atoms with van der Waals surface area (Å²) in [5, 5.41) is 0. The Balaban J connectivity index is 1.57. The average Bonchev–Trinajstić information content (AvgIpc) is 3.15. The van der Waals surface area contributed by atoms with Crippen molar-refractivity contribution in [3.05, 3.63) is 165 Å². The van der Waals surface area contributed by atoms with Gasteiger partial charge in [0.2, 0.25) is 19.7 Å². The number of allylic oxidation sites excluding steroid dienone is 16. The fraction of sp³-hybridized carbons (Fsp3) is 0.423. The van der Waals surface area contributed by atoms with E-state index >= 15 is 0 Å². The Morgan fingerprint density at radius 2 is 0.948 bits per heavy atom. The Bertz CT molecular complexity index is 2090. The molecule has 2 aromatic carbocycles. The van der Waals surface area contributed by atoms with Crippen LogP contribution in [0.2, 0.25) is 0 Å². The van der Waals surface area contributed by atoms with Crippen LogP contribution in [-0.2, 0) is 19.7 Å². The molecule has 2 aliphatic rings. The van der Waals surface area contributed by atoms with Crippen molar-refractivity contribution in [2.45, 2.75) is 130 Å². The Labute approximate surface area is 352 Å². The maximum atomic E-state index is 14.0. The van der Waals surface area contributed by atoms with E-state index in [-0.39, 0.29) is 42.3 Å². The molecule has 2 aromatic rings. The van der Waals surface area contributed by atoms with Crippen molar-refractivity contribution < 1.29 is 16.8 Å². The van der Waals surface area contributed by atoms with Crippen LogP contribution in [0, 0.1) is 22.7 Å². The van der Waals surface area contributed by atoms with Gasteiger partial charge < -0.3 is 0 Å². The predicted molar refractivity (Wildman–Crippen MR) is 247 cm³/mol. The summed E-state index contributed by atoms with van der Waals surface area (Å²) >= 11 is 0. The molecule has 4 rings (SSSR count). The van der Waals surface area contributed by atoms with Gasteiger partial charge in [-0.3, -0.25) is 0 Å². The molecule has 0 N–H and O–H groups in total. The molecule has 0 heterocycles. The van der Waals surface area contributed by atoms with E-state index in [0.717, 1.165) is 36.8 Å². The molecule has 0 aliphatic heterocycles. The van der Waals surface area contributed by atoms with Crippen LogP contribution in [-0.4, -0.2) is 16.8 Å². The lowest BCUT2D eigenvalue weighted by atomic mass is 9.72. The van der Waals surface area contributed by atoms with E-state index in [0.29, 0.717) is 12.8 Å². The summed E-state index contributed by atoms with van der Waals surface area (Å²) in [5.41, 5.74) is 7.42. The van der Waals surface area contributed by atoms with Crippen molar-refractivity contribution in [1.29, 1.82) is 0 Å². The molecule has 312 valence electrons. The zero-order valence-electron chi connectivity index (χ0n) is 36.8. The van der Waals surface area contributed by atoms with Crippen molar-refractivity contribution in [1.82, 2.24) is 0 Å². The summed E-state index contributed by atoms with van der Waals surface area (Å²) < 4.78 is 55.9. The second-order valence-electron chi connectivity index (χ2n) is 18.0. The van der Waals surface area contributed by atoms with Crippen LogP contribution in [0.15, 0.2) is 174 Å². The molecule has 0 spiro atoms. The lowest BCUT2D eigenvalue weighted by Crippen LogP contribution is -2.19. The third-order valence-electron chi connectivity index (χ3n) is 11.7. The average molecular weight is 821 g/mol. The zero-order valence-corrected chi connectivity index (χ0v) is 38.4. The minimum absolute atomic E-state index is 0.0647. The monoisotopic (exact) mass is 820 g/mol. The summed E-state index contributed by atoms with van der Waals surface area (Å²) in [5.74, 6) is -0.129. The molecule has 2 aliphatic carbocycles. The van der Waals surface area contributed by atoms with Gasteiger partial charge in [0.25, 0.3) is 0 Å². The predicted octanol–water partition coefficient (Wildman–Crippen LogP) is 14.4. The lowest BCUT2D eigenvalue weighted by molar-refractivity contribution is 0.376. The molecule has 0 radical (unpaired) electrons. The largest absolute Gasteiger partial charge is 0.219 e. The highest BCUT2D eigenvalue weighted by Gasteiger charge is 2.28. The van der Waals surface area contributed by atoms with Gasteiger partial charge >= 0.3 is 0 Å². The van der Waals surface area contributed by atoms with Gasteiger partial charge in [-0.1, -0.05) is 138 Å². The van der Waals surface area contributed by atoms with Crippen LogP contribution in [0.25, 0.3) is 0 Å². The molecule has 0 bridgehead atoms. The van der Waals surface area contributed by atoms with Gasteiger partial charge in [0.05, 0.1) is 19.6 Å². The highest BCUT2D eigenvalue weighted by molar-refractivity contribution is 7.95. The van der Waals surface area contributed by atoms with Crippen LogP contribution in [0.3, 0.4) is 0 Å². The fourth-order valence-corrected chi connectivity index (χ4v) is 11.3. The molecule has 0 aromatic heterocycles. The smallest absolute Gasteiger partial charge is 0.206 e. The van der Waals surface area contributed by atoms with Gasteiger partial charge in [-0.2, -0.15) is 0 Å². The van der Waals surface area contributed by atoms with E-state index in [1.807, 2.05) is 52.0 Å². The number of benzene rings is 2. The topological polar surface area (TPSA) is 68.3 Å². The second kappa shape index (κ2) is 20.3. The van der Waals surface area contributed by atoms with E-state index in [4.69, 9.17) is 0 Å². The molecule has 2 atom stereocenters. The van der Waals surface area contributed by atoms with Crippen LogP contribution in [0.1, 0.15) is 121 Å². The van der Waals surface area contributed by atoms with E-state index in [9.17, 15) is 16.8 Å². The molecule has 0 saturated heterocycles. The van der Waals surface area contributed by atoms with E-state index < -0.39 is 19.7 Å². The molecular formula is C52H68O4S2. The van der Waals surface area contributed by atoms with Crippen LogP contribution < -0.4 is 0 Å². The first-order chi connectivity index (χ1) is 27.2. The van der Waals surface area contributed by atoms with Gasteiger partial charge in [-0.25, -0.2) is 16.8 Å². The Kier molecular flexibility index (Phi) is 16.3. The molecule has 0 amide bonds. The maximum Gasteiger partial charge on any atom is 0.206 e. The highest BCUT2D eigenvalue weighted by atomic mass is 32.2. The molecule has 0 fully saturated rings. The fourth-order valence-electron chi connectivity index (χ4n) is 8.22. The normalized spacial score (nSPS) is 20.1. The SMILES string of the molecule is CC1=C(/C=C/C(C)=C/C(=C\C(C)C/C=C/CC(C)\C=C(/C=C(C)/C=C/C2=C(C)CCCC2(C)C)S(=O)(=O)c2ccccc2)S(=O)(=O)c2ccccc2)C(C)(C)CCC1. The number of hydrogen-bond acceptors (Lipinski definition) is 4. The number of rotatable bonds is 16. The Hall–Kier alpha value is -4.00. The number of hydrogen-bond donors (Lipinski definition) is 0. The molecule has 4 nitrogen and oxygen atoms in total. The van der Waals surface area contributed by atoms with Gasteiger partial charge in [-0.15, -0.1) is 0 Å². The van der Waals surface area contributed by atoms with Gasteiger partial charge in [0.15, 0.2) is 0 Å². The van der Waals surface area contributed by atoms with E-state index in [1.165, 1.54) is 35.1 Å². The summed E-state index contributed by atoms with van der Waals surface area (Å²) in [4.78, 5) is 1.13. The minimum Gasteiger partial charge on any atom is -0.219 e. The van der Waals surface area contributed by atoms with Gasteiger partial charge in [0, 0.05) is 0 Å². The first kappa shape index (κ1) is 46.7. The summed E-state index contributed by atoms with van der Waals surface area (Å²) in [6.45, 7) is 21.5. The standard InChI is InChI=1S/C52H68O4S2/c1-39(35-47(57(53,54)45-25-13-11-14-26-45)37-41(3)29-31-49-43(5)23-19-33-51(49,7)8)21-17-18-22-40(2)36-48(58(55,56)46-27-15-12-16-28-46)38-42(4)30-32-50-44(6)24-20-34-52(50,9)10/h11-18,25-32,35-40H,19-24,33-34H2,1-10H3/b18-17+,31-29+,32-30+,41-37+,42-38+,47-35+,48-36+. The van der Waals surface area contributed by atoms with Crippen molar-refractivity contribution >= 4 is 19.7 Å². The first-order valence-electron chi connectivity index (χ1n) is 21.1. The van der Waals surface area contributed by atoms with E-state index in [1.54, 1.807) is 60.7 Å². The van der Waals surface area contributed by atoms with Crippen molar-refractivity contribution in [3.63, 3.8) is 0 Å². The van der Waals surface area contributed by atoms with Gasteiger partial charge in [0.1, 0.15) is 0 Å². The first-order valence-corrected chi connectivity index (χ1v) is 24.0. The molecule has 0 saturated carbocycles. The maximum absolute atomic E-state index is 14.0. The highest BCUT2D eigenvalue weighted by Crippen LogP contribution is 2.42. The molecule has 58 heavy (non-hydrogen) atoms. The quantitative estimate of drug-likeness (QED) is 0.125. The van der Waals surface area contributed by atoms with Crippen LogP contribution in [0.4, 0.5) is 0 Å². The Morgan fingerprint density at radius 1 is 0.603 bits per heavy atom. The molecular weight excluding hydrogens is 753 g/mol. The zero-order chi connectivity index (χ0) is 42.7. The summed E-state index contributed by atoms with van der Waals surface area (Å²) in [7, 11) is -7.51. The molecule has 6 heteroatoms. The lowest BCUT2D eigenvalue weighted by Gasteiger charge is -2.33. The van der Waals surface area contributed by atoms with Crippen LogP contribution >= 0.6 is 0 Å². The summed E-state index contributed by atoms with van der Waals surface area (Å²) in [6.07, 6.45) is 28.1. The van der Waals surface area contributed by atoms with Crippen molar-refractivity contribution in [2.75, 3.05) is 0 Å². The third-order valence-corrected chi connectivity index (χ3v) is 15.2. The van der Waals surface area contributed by atoms with Gasteiger partial charge in [-0.05, 0) is 160 Å². The van der Waals surface area contributed by atoms with Crippen molar-refractivity contribution in [3.8, 4) is 0 Å².